The van der Waals surface area contributed by atoms with Gasteiger partial charge in [0.15, 0.2) is 0 Å². The molecule has 0 fully saturated rings. The molecule has 0 saturated heterocycles. The molecule has 6 nitrogen and oxygen atoms in total. The number of thioether (sulfide) groups is 1. The van der Waals surface area contributed by atoms with E-state index < -0.39 is 0 Å². The van der Waals surface area contributed by atoms with E-state index >= 15 is 0 Å². The lowest BCUT2D eigenvalue weighted by Gasteiger charge is -2.22. The molecule has 0 atom stereocenters. The van der Waals surface area contributed by atoms with Gasteiger partial charge in [0.25, 0.3) is 0 Å². The number of nitrogens with zero attached hydrogens (tertiary/aromatic N) is 5. The third kappa shape index (κ3) is 3.92. The Bertz CT molecular complexity index is 799. The largest absolute Gasteiger partial charge is 0.316 e. The van der Waals surface area contributed by atoms with E-state index in [2.05, 4.69) is 34.6 Å². The van der Waals surface area contributed by atoms with Gasteiger partial charge in [-0.1, -0.05) is 35.5 Å². The molecule has 1 aliphatic rings. The number of aryl methyl sites for hydroxylation is 2. The lowest BCUT2D eigenvalue weighted by atomic mass is 10.1. The highest BCUT2D eigenvalue weighted by Crippen LogP contribution is 2.25. The zero-order valence-corrected chi connectivity index (χ0v) is 15.7. The van der Waals surface area contributed by atoms with E-state index in [0.717, 1.165) is 36.2 Å². The Labute approximate surface area is 152 Å². The minimum atomic E-state index is 0.107. The third-order valence-corrected chi connectivity index (χ3v) is 5.23. The second kappa shape index (κ2) is 7.82. The van der Waals surface area contributed by atoms with E-state index in [1.807, 2.05) is 30.9 Å². The number of hydrogen-bond acceptors (Lipinski definition) is 5. The minimum absolute atomic E-state index is 0.107. The number of carbonyl (C=O) groups is 1. The number of carbonyl (C=O) groups excluding carboxylic acids is 1. The van der Waals surface area contributed by atoms with Gasteiger partial charge in [0.1, 0.15) is 0 Å². The quantitative estimate of drug-likeness (QED) is 0.742. The molecule has 0 aliphatic heterocycles. The van der Waals surface area contributed by atoms with Gasteiger partial charge in [-0.2, -0.15) is 4.68 Å². The summed E-state index contributed by atoms with van der Waals surface area (Å²) >= 11 is 1.38. The predicted molar refractivity (Wildman–Crippen MR) is 98.7 cm³/mol. The van der Waals surface area contributed by atoms with Crippen molar-refractivity contribution in [3.8, 4) is 5.69 Å². The van der Waals surface area contributed by atoms with Crippen molar-refractivity contribution in [2.45, 2.75) is 45.2 Å². The SMILES string of the molecule is CCN(C(=O)CSc1nnnn1-c1ccc(C)cc1C)C1=CCCC1. The molecular weight excluding hydrogens is 334 g/mol. The van der Waals surface area contributed by atoms with Gasteiger partial charge in [0.05, 0.1) is 11.4 Å². The predicted octanol–water partition coefficient (Wildman–Crippen LogP) is 3.29. The van der Waals surface area contributed by atoms with Gasteiger partial charge in [0, 0.05) is 12.2 Å². The molecule has 1 aromatic heterocycles. The molecule has 0 bridgehead atoms. The van der Waals surface area contributed by atoms with Crippen molar-refractivity contribution < 1.29 is 4.79 Å². The van der Waals surface area contributed by atoms with Crippen molar-refractivity contribution in [3.63, 3.8) is 0 Å². The Morgan fingerprint density at radius 2 is 2.20 bits per heavy atom. The molecule has 3 rings (SSSR count). The molecule has 0 radical (unpaired) electrons. The number of hydrogen-bond donors (Lipinski definition) is 0. The van der Waals surface area contributed by atoms with Gasteiger partial charge in [-0.15, -0.1) is 5.10 Å². The number of amides is 1. The molecular formula is C18H23N5OS. The van der Waals surface area contributed by atoms with Gasteiger partial charge in [-0.3, -0.25) is 4.79 Å². The molecule has 132 valence electrons. The molecule has 1 aliphatic carbocycles. The maximum Gasteiger partial charge on any atom is 0.237 e. The lowest BCUT2D eigenvalue weighted by Crippen LogP contribution is -2.31. The monoisotopic (exact) mass is 357 g/mol. The first-order valence-corrected chi connectivity index (χ1v) is 9.57. The molecule has 0 N–H and O–H groups in total. The van der Waals surface area contributed by atoms with Crippen LogP contribution in [0.25, 0.3) is 5.69 Å². The molecule has 25 heavy (non-hydrogen) atoms. The highest BCUT2D eigenvalue weighted by molar-refractivity contribution is 7.99. The maximum absolute atomic E-state index is 12.6. The van der Waals surface area contributed by atoms with E-state index in [0.29, 0.717) is 17.5 Å². The zero-order valence-electron chi connectivity index (χ0n) is 14.9. The van der Waals surface area contributed by atoms with Crippen LogP contribution in [0, 0.1) is 13.8 Å². The first kappa shape index (κ1) is 17.7. The molecule has 1 amide bonds. The van der Waals surface area contributed by atoms with Crippen LogP contribution in [-0.2, 0) is 4.79 Å². The van der Waals surface area contributed by atoms with Crippen molar-refractivity contribution in [2.75, 3.05) is 12.3 Å². The van der Waals surface area contributed by atoms with E-state index in [-0.39, 0.29) is 5.91 Å². The van der Waals surface area contributed by atoms with Crippen LogP contribution in [-0.4, -0.2) is 43.3 Å². The summed E-state index contributed by atoms with van der Waals surface area (Å²) in [5, 5.41) is 12.6. The van der Waals surface area contributed by atoms with Gasteiger partial charge in [-0.05, 0) is 62.1 Å². The smallest absolute Gasteiger partial charge is 0.237 e. The van der Waals surface area contributed by atoms with Crippen LogP contribution in [0.1, 0.15) is 37.3 Å². The van der Waals surface area contributed by atoms with Gasteiger partial charge in [0.2, 0.25) is 11.1 Å². The molecule has 0 saturated carbocycles. The molecule has 0 unspecified atom stereocenters. The van der Waals surface area contributed by atoms with Gasteiger partial charge >= 0.3 is 0 Å². The average Bonchev–Trinajstić information content (AvgIpc) is 3.25. The highest BCUT2D eigenvalue weighted by Gasteiger charge is 2.20. The van der Waals surface area contributed by atoms with Gasteiger partial charge < -0.3 is 4.90 Å². The Kier molecular flexibility index (Phi) is 5.53. The lowest BCUT2D eigenvalue weighted by molar-refractivity contribution is -0.126. The number of benzene rings is 1. The van der Waals surface area contributed by atoms with E-state index in [4.69, 9.17) is 0 Å². The summed E-state index contributed by atoms with van der Waals surface area (Å²) < 4.78 is 1.71. The Hall–Kier alpha value is -2.15. The van der Waals surface area contributed by atoms with E-state index in [1.165, 1.54) is 17.3 Å². The maximum atomic E-state index is 12.6. The van der Waals surface area contributed by atoms with E-state index in [1.54, 1.807) is 4.68 Å². The fourth-order valence-corrected chi connectivity index (χ4v) is 3.87. The molecule has 1 aromatic carbocycles. The summed E-state index contributed by atoms with van der Waals surface area (Å²) in [7, 11) is 0. The summed E-state index contributed by atoms with van der Waals surface area (Å²) in [4.78, 5) is 14.5. The summed E-state index contributed by atoms with van der Waals surface area (Å²) in [6, 6.07) is 6.14. The van der Waals surface area contributed by atoms with Crippen LogP contribution < -0.4 is 0 Å². The zero-order chi connectivity index (χ0) is 17.8. The van der Waals surface area contributed by atoms with Crippen LogP contribution in [0.5, 0.6) is 0 Å². The van der Waals surface area contributed by atoms with Crippen molar-refractivity contribution in [2.24, 2.45) is 0 Å². The topological polar surface area (TPSA) is 63.9 Å². The Morgan fingerprint density at radius 1 is 1.36 bits per heavy atom. The fraction of sp³-hybridized carbons (Fsp3) is 0.444. The summed E-state index contributed by atoms with van der Waals surface area (Å²) in [5.74, 6) is 0.437. The first-order valence-electron chi connectivity index (χ1n) is 8.58. The number of allylic oxidation sites excluding steroid dienone is 2. The molecule has 0 spiro atoms. The van der Waals surface area contributed by atoms with Crippen molar-refractivity contribution >= 4 is 17.7 Å². The van der Waals surface area contributed by atoms with E-state index in [9.17, 15) is 4.79 Å². The van der Waals surface area contributed by atoms with Crippen LogP contribution in [0.15, 0.2) is 35.1 Å². The van der Waals surface area contributed by atoms with Crippen molar-refractivity contribution in [1.82, 2.24) is 25.1 Å². The third-order valence-electron chi connectivity index (χ3n) is 4.33. The van der Waals surface area contributed by atoms with Crippen LogP contribution >= 0.6 is 11.8 Å². The summed E-state index contributed by atoms with van der Waals surface area (Å²) in [6.45, 7) is 6.81. The van der Waals surface area contributed by atoms with Crippen LogP contribution in [0.4, 0.5) is 0 Å². The highest BCUT2D eigenvalue weighted by atomic mass is 32.2. The van der Waals surface area contributed by atoms with Crippen LogP contribution in [0.2, 0.25) is 0 Å². The van der Waals surface area contributed by atoms with Gasteiger partial charge in [-0.25, -0.2) is 0 Å². The van der Waals surface area contributed by atoms with Crippen LogP contribution in [0.3, 0.4) is 0 Å². The second-order valence-electron chi connectivity index (χ2n) is 6.18. The summed E-state index contributed by atoms with van der Waals surface area (Å²) in [6.07, 6.45) is 5.37. The summed E-state index contributed by atoms with van der Waals surface area (Å²) in [5.41, 5.74) is 4.40. The Morgan fingerprint density at radius 3 is 2.88 bits per heavy atom. The Balaban J connectivity index is 1.72. The first-order chi connectivity index (χ1) is 12.1. The molecule has 1 heterocycles. The standard InChI is InChI=1S/C18H23N5OS/c1-4-22(15-7-5-6-8-15)17(24)12-25-18-19-20-21-23(18)16-10-9-13(2)11-14(16)3/h7,9-11H,4-6,8,12H2,1-3H3. The number of rotatable bonds is 6. The average molecular weight is 357 g/mol. The number of aromatic nitrogens is 4. The molecule has 7 heteroatoms. The molecule has 2 aromatic rings. The van der Waals surface area contributed by atoms with Crippen molar-refractivity contribution in [3.05, 3.63) is 41.1 Å². The van der Waals surface area contributed by atoms with Crippen molar-refractivity contribution in [1.29, 1.82) is 0 Å². The minimum Gasteiger partial charge on any atom is -0.316 e. The normalized spacial score (nSPS) is 13.8. The fourth-order valence-electron chi connectivity index (χ4n) is 3.11. The second-order valence-corrected chi connectivity index (χ2v) is 7.12. The number of tetrazole rings is 1.